The van der Waals surface area contributed by atoms with Crippen molar-refractivity contribution in [2.45, 2.75) is 26.4 Å². The monoisotopic (exact) mass is 318 g/mol. The zero-order valence-corrected chi connectivity index (χ0v) is 12.9. The second-order valence-electron chi connectivity index (χ2n) is 5.09. The van der Waals surface area contributed by atoms with E-state index < -0.39 is 0 Å². The smallest absolute Gasteiger partial charge is 0.292 e. The van der Waals surface area contributed by atoms with Gasteiger partial charge < -0.3 is 0 Å². The van der Waals surface area contributed by atoms with Gasteiger partial charge in [-0.1, -0.05) is 19.1 Å². The lowest BCUT2D eigenvalue weighted by molar-refractivity contribution is 0.592. The van der Waals surface area contributed by atoms with E-state index in [1.165, 1.54) is 28.0 Å². The molecule has 0 radical (unpaired) electrons. The summed E-state index contributed by atoms with van der Waals surface area (Å²) < 4.78 is 16.4. The van der Waals surface area contributed by atoms with Gasteiger partial charge in [-0.05, 0) is 35.6 Å². The Kier molecular flexibility index (Phi) is 3.94. The number of aryl methyl sites for hydroxylation is 1. The summed E-state index contributed by atoms with van der Waals surface area (Å²) in [4.78, 5) is 25.1. The number of hydrogen-bond donors (Lipinski definition) is 0. The van der Waals surface area contributed by atoms with Gasteiger partial charge >= 0.3 is 5.69 Å². The Hall–Kier alpha value is -2.21. The Balaban J connectivity index is 2.18. The van der Waals surface area contributed by atoms with Crippen LogP contribution in [-0.2, 0) is 13.1 Å². The molecule has 0 saturated carbocycles. The van der Waals surface area contributed by atoms with Crippen molar-refractivity contribution in [2.24, 2.45) is 0 Å². The Bertz CT molecular complexity index is 922. The highest BCUT2D eigenvalue weighted by Crippen LogP contribution is 2.15. The first kappa shape index (κ1) is 14.7. The Morgan fingerprint density at radius 1 is 1.09 bits per heavy atom. The number of benzene rings is 1. The fourth-order valence-corrected chi connectivity index (χ4v) is 3.33. The summed E-state index contributed by atoms with van der Waals surface area (Å²) in [5.41, 5.74) is 0.811. The minimum atomic E-state index is -0.340. The summed E-state index contributed by atoms with van der Waals surface area (Å²) in [5, 5.41) is 1.82. The van der Waals surface area contributed by atoms with Gasteiger partial charge in [-0.25, -0.2) is 9.18 Å². The number of aromatic nitrogens is 2. The fraction of sp³-hybridized carbons (Fsp3) is 0.250. The first-order chi connectivity index (χ1) is 10.6. The number of halogens is 1. The molecule has 114 valence electrons. The molecule has 22 heavy (non-hydrogen) atoms. The van der Waals surface area contributed by atoms with E-state index in [4.69, 9.17) is 0 Å². The van der Waals surface area contributed by atoms with Crippen molar-refractivity contribution in [3.8, 4) is 0 Å². The van der Waals surface area contributed by atoms with Crippen molar-refractivity contribution in [3.05, 3.63) is 67.9 Å². The van der Waals surface area contributed by atoms with Gasteiger partial charge in [0.05, 0.1) is 12.1 Å². The molecule has 2 aromatic heterocycles. The van der Waals surface area contributed by atoms with E-state index in [1.54, 1.807) is 22.8 Å². The summed E-state index contributed by atoms with van der Waals surface area (Å²) in [6.07, 6.45) is 0.805. The molecule has 0 unspecified atom stereocenters. The van der Waals surface area contributed by atoms with Crippen LogP contribution in [0.25, 0.3) is 10.2 Å². The third kappa shape index (κ3) is 2.50. The third-order valence-electron chi connectivity index (χ3n) is 3.54. The van der Waals surface area contributed by atoms with Gasteiger partial charge in [0.15, 0.2) is 0 Å². The molecule has 3 rings (SSSR count). The highest BCUT2D eigenvalue weighted by Gasteiger charge is 2.14. The zero-order chi connectivity index (χ0) is 15.7. The molecular formula is C16H15FN2O2S. The van der Waals surface area contributed by atoms with Crippen LogP contribution in [0.4, 0.5) is 4.39 Å². The van der Waals surface area contributed by atoms with Crippen LogP contribution in [0.15, 0.2) is 45.3 Å². The van der Waals surface area contributed by atoms with Crippen LogP contribution in [0.3, 0.4) is 0 Å². The quantitative estimate of drug-likeness (QED) is 0.742. The molecule has 0 amide bonds. The predicted octanol–water partition coefficient (Wildman–Crippen LogP) is 2.82. The van der Waals surface area contributed by atoms with Gasteiger partial charge in [0, 0.05) is 6.54 Å². The predicted molar refractivity (Wildman–Crippen MR) is 86.1 cm³/mol. The minimum absolute atomic E-state index is 0.148. The Labute approximate surface area is 130 Å². The lowest BCUT2D eigenvalue weighted by Gasteiger charge is -2.11. The van der Waals surface area contributed by atoms with E-state index in [1.807, 2.05) is 12.3 Å². The Morgan fingerprint density at radius 2 is 1.82 bits per heavy atom. The van der Waals surface area contributed by atoms with Crippen molar-refractivity contribution in [3.63, 3.8) is 0 Å². The topological polar surface area (TPSA) is 44.0 Å². The molecule has 0 aliphatic heterocycles. The molecular weight excluding hydrogens is 303 g/mol. The molecule has 2 heterocycles. The van der Waals surface area contributed by atoms with Gasteiger partial charge in [-0.15, -0.1) is 11.3 Å². The van der Waals surface area contributed by atoms with Gasteiger partial charge in [-0.2, -0.15) is 0 Å². The molecule has 0 fully saturated rings. The highest BCUT2D eigenvalue weighted by molar-refractivity contribution is 7.17. The van der Waals surface area contributed by atoms with E-state index in [-0.39, 0.29) is 23.6 Å². The Morgan fingerprint density at radius 3 is 2.50 bits per heavy atom. The lowest BCUT2D eigenvalue weighted by atomic mass is 10.2. The number of rotatable bonds is 4. The molecule has 0 bridgehead atoms. The van der Waals surface area contributed by atoms with Crippen molar-refractivity contribution in [1.29, 1.82) is 0 Å². The molecule has 6 heteroatoms. The van der Waals surface area contributed by atoms with Crippen molar-refractivity contribution in [1.82, 2.24) is 9.13 Å². The van der Waals surface area contributed by atoms with Gasteiger partial charge in [0.25, 0.3) is 5.56 Å². The first-order valence-corrected chi connectivity index (χ1v) is 7.95. The maximum atomic E-state index is 13.0. The minimum Gasteiger partial charge on any atom is -0.292 e. The van der Waals surface area contributed by atoms with E-state index in [0.717, 1.165) is 12.0 Å². The molecule has 4 nitrogen and oxygen atoms in total. The highest BCUT2D eigenvalue weighted by atomic mass is 32.1. The SMILES string of the molecule is CCCn1c(=O)n(Cc2ccc(F)cc2)c(=O)c2sccc21. The summed E-state index contributed by atoms with van der Waals surface area (Å²) in [7, 11) is 0. The average Bonchev–Trinajstić information content (AvgIpc) is 2.99. The van der Waals surface area contributed by atoms with Gasteiger partial charge in [0.1, 0.15) is 10.5 Å². The summed E-state index contributed by atoms with van der Waals surface area (Å²) in [6.45, 7) is 2.70. The first-order valence-electron chi connectivity index (χ1n) is 7.07. The molecule has 0 aliphatic rings. The standard InChI is InChI=1S/C16H15FN2O2S/c1-2-8-18-13-7-9-22-14(13)15(20)19(16(18)21)10-11-3-5-12(17)6-4-11/h3-7,9H,2,8,10H2,1H3. The van der Waals surface area contributed by atoms with Crippen LogP contribution < -0.4 is 11.2 Å². The maximum Gasteiger partial charge on any atom is 0.331 e. The molecule has 1 aromatic carbocycles. The van der Waals surface area contributed by atoms with Crippen LogP contribution in [0.2, 0.25) is 0 Å². The summed E-state index contributed by atoms with van der Waals surface area (Å²) in [5.74, 6) is -0.340. The summed E-state index contributed by atoms with van der Waals surface area (Å²) >= 11 is 1.34. The normalized spacial score (nSPS) is 11.2. The van der Waals surface area contributed by atoms with Gasteiger partial charge in [0.2, 0.25) is 0 Å². The van der Waals surface area contributed by atoms with Crippen molar-refractivity contribution in [2.75, 3.05) is 0 Å². The number of fused-ring (bicyclic) bond motifs is 1. The van der Waals surface area contributed by atoms with Crippen LogP contribution in [0.1, 0.15) is 18.9 Å². The van der Waals surface area contributed by atoms with Crippen LogP contribution in [0.5, 0.6) is 0 Å². The van der Waals surface area contributed by atoms with E-state index >= 15 is 0 Å². The molecule has 0 N–H and O–H groups in total. The number of nitrogens with zero attached hydrogens (tertiary/aromatic N) is 2. The van der Waals surface area contributed by atoms with E-state index in [9.17, 15) is 14.0 Å². The molecule has 0 spiro atoms. The second-order valence-corrected chi connectivity index (χ2v) is 6.00. The zero-order valence-electron chi connectivity index (χ0n) is 12.1. The van der Waals surface area contributed by atoms with Crippen molar-refractivity contribution < 1.29 is 4.39 Å². The van der Waals surface area contributed by atoms with Crippen LogP contribution >= 0.6 is 11.3 Å². The molecule has 0 saturated heterocycles. The fourth-order valence-electron chi connectivity index (χ4n) is 2.48. The summed E-state index contributed by atoms with van der Waals surface area (Å²) in [6, 6.07) is 7.64. The largest absolute Gasteiger partial charge is 0.331 e. The number of thiophene rings is 1. The van der Waals surface area contributed by atoms with Crippen LogP contribution in [-0.4, -0.2) is 9.13 Å². The van der Waals surface area contributed by atoms with E-state index in [2.05, 4.69) is 0 Å². The average molecular weight is 318 g/mol. The van der Waals surface area contributed by atoms with Gasteiger partial charge in [-0.3, -0.25) is 13.9 Å². The lowest BCUT2D eigenvalue weighted by Crippen LogP contribution is -2.39. The maximum absolute atomic E-state index is 13.0. The second kappa shape index (κ2) is 5.88. The molecule has 3 aromatic rings. The van der Waals surface area contributed by atoms with E-state index in [0.29, 0.717) is 16.8 Å². The van der Waals surface area contributed by atoms with Crippen molar-refractivity contribution >= 4 is 21.6 Å². The number of hydrogen-bond acceptors (Lipinski definition) is 3. The third-order valence-corrected chi connectivity index (χ3v) is 4.43. The van der Waals surface area contributed by atoms with Crippen LogP contribution in [0, 0.1) is 5.82 Å². The molecule has 0 atom stereocenters. The molecule has 0 aliphatic carbocycles.